The van der Waals surface area contributed by atoms with Gasteiger partial charge in [0.1, 0.15) is 5.75 Å². The zero-order valence-corrected chi connectivity index (χ0v) is 16.0. The van der Waals surface area contributed by atoms with Gasteiger partial charge in [-0.3, -0.25) is 9.69 Å². The maximum Gasteiger partial charge on any atom is 0.263 e. The number of amides is 1. The third kappa shape index (κ3) is 5.69. The number of nitrogens with zero attached hydrogens (tertiary/aromatic N) is 2. The van der Waals surface area contributed by atoms with Gasteiger partial charge in [-0.25, -0.2) is 0 Å². The monoisotopic (exact) mass is 364 g/mol. The fourth-order valence-corrected chi connectivity index (χ4v) is 3.23. The van der Waals surface area contributed by atoms with Crippen LogP contribution in [-0.2, 0) is 4.79 Å². The van der Waals surface area contributed by atoms with Gasteiger partial charge in [-0.15, -0.1) is 0 Å². The average Bonchev–Trinajstić information content (AvgIpc) is 2.73. The number of carbonyl (C=O) groups is 1. The van der Waals surface area contributed by atoms with Crippen molar-refractivity contribution in [3.63, 3.8) is 0 Å². The Balaban J connectivity index is 1.46. The first-order chi connectivity index (χ1) is 13.3. The molecule has 4 nitrogen and oxygen atoms in total. The molecule has 1 fully saturated rings. The highest BCUT2D eigenvalue weighted by atomic mass is 16.5. The Morgan fingerprint density at radius 1 is 1.00 bits per heavy atom. The molecule has 0 spiro atoms. The average molecular weight is 364 g/mol. The number of hydrogen-bond donors (Lipinski definition) is 0. The second kappa shape index (κ2) is 9.93. The molecule has 4 heteroatoms. The second-order valence-electron chi connectivity index (χ2n) is 6.77. The summed E-state index contributed by atoms with van der Waals surface area (Å²) in [5.74, 6) is 0.850. The topological polar surface area (TPSA) is 32.8 Å². The van der Waals surface area contributed by atoms with E-state index in [-0.39, 0.29) is 5.91 Å². The van der Waals surface area contributed by atoms with Crippen LogP contribution in [0.25, 0.3) is 6.08 Å². The van der Waals surface area contributed by atoms with E-state index >= 15 is 0 Å². The first-order valence-electron chi connectivity index (χ1n) is 9.70. The highest BCUT2D eigenvalue weighted by Gasteiger charge is 2.27. The molecule has 0 N–H and O–H groups in total. The quantitative estimate of drug-likeness (QED) is 0.751. The van der Waals surface area contributed by atoms with Crippen LogP contribution in [0.4, 0.5) is 0 Å². The standard InChI is InChI=1S/C23H28N2O2/c1-2-22(27-21-13-7-4-8-14-21)23(26)25-18-16-24(17-19-25)15-9-12-20-10-5-3-6-11-20/h3-14,22H,2,15-19H2,1H3/b12-9+. The second-order valence-corrected chi connectivity index (χ2v) is 6.77. The largest absolute Gasteiger partial charge is 0.481 e. The van der Waals surface area contributed by atoms with Crippen molar-refractivity contribution in [1.29, 1.82) is 0 Å². The van der Waals surface area contributed by atoms with E-state index in [1.807, 2.05) is 60.4 Å². The summed E-state index contributed by atoms with van der Waals surface area (Å²) in [7, 11) is 0. The van der Waals surface area contributed by atoms with Crippen LogP contribution in [0.15, 0.2) is 66.7 Å². The fraction of sp³-hybridized carbons (Fsp3) is 0.348. The molecule has 3 rings (SSSR count). The summed E-state index contributed by atoms with van der Waals surface area (Å²) in [5.41, 5.74) is 1.22. The van der Waals surface area contributed by atoms with Crippen LogP contribution in [-0.4, -0.2) is 54.5 Å². The lowest BCUT2D eigenvalue weighted by atomic mass is 10.2. The summed E-state index contributed by atoms with van der Waals surface area (Å²) in [6.07, 6.45) is 4.61. The molecule has 0 saturated carbocycles. The fourth-order valence-electron chi connectivity index (χ4n) is 3.23. The van der Waals surface area contributed by atoms with Crippen molar-refractivity contribution < 1.29 is 9.53 Å². The maximum atomic E-state index is 12.8. The van der Waals surface area contributed by atoms with Crippen molar-refractivity contribution in [2.45, 2.75) is 19.4 Å². The van der Waals surface area contributed by atoms with Crippen LogP contribution in [0.2, 0.25) is 0 Å². The van der Waals surface area contributed by atoms with E-state index in [1.165, 1.54) is 5.56 Å². The predicted octanol–water partition coefficient (Wildman–Crippen LogP) is 3.70. The van der Waals surface area contributed by atoms with Gasteiger partial charge in [-0.2, -0.15) is 0 Å². The van der Waals surface area contributed by atoms with Crippen molar-refractivity contribution in [2.24, 2.45) is 0 Å². The zero-order chi connectivity index (χ0) is 18.9. The first-order valence-corrected chi connectivity index (χ1v) is 9.70. The molecule has 2 aromatic carbocycles. The molecular weight excluding hydrogens is 336 g/mol. The number of benzene rings is 2. The molecule has 0 aliphatic carbocycles. The third-order valence-electron chi connectivity index (χ3n) is 4.83. The Morgan fingerprint density at radius 3 is 2.26 bits per heavy atom. The molecule has 1 atom stereocenters. The van der Waals surface area contributed by atoms with E-state index in [2.05, 4.69) is 29.2 Å². The van der Waals surface area contributed by atoms with Crippen molar-refractivity contribution in [3.8, 4) is 5.75 Å². The van der Waals surface area contributed by atoms with Crippen molar-refractivity contribution in [2.75, 3.05) is 32.7 Å². The molecule has 142 valence electrons. The third-order valence-corrected chi connectivity index (χ3v) is 4.83. The zero-order valence-electron chi connectivity index (χ0n) is 16.0. The van der Waals surface area contributed by atoms with Crippen LogP contribution in [0.1, 0.15) is 18.9 Å². The van der Waals surface area contributed by atoms with E-state index in [9.17, 15) is 4.79 Å². The predicted molar refractivity (Wildman–Crippen MR) is 110 cm³/mol. The number of carbonyl (C=O) groups excluding carboxylic acids is 1. The van der Waals surface area contributed by atoms with Gasteiger partial charge in [0.2, 0.25) is 0 Å². The Morgan fingerprint density at radius 2 is 1.63 bits per heavy atom. The Labute approximate surface area is 162 Å². The van der Waals surface area contributed by atoms with E-state index < -0.39 is 6.10 Å². The summed E-state index contributed by atoms with van der Waals surface area (Å²) in [4.78, 5) is 17.1. The smallest absolute Gasteiger partial charge is 0.263 e. The van der Waals surface area contributed by atoms with Gasteiger partial charge >= 0.3 is 0 Å². The van der Waals surface area contributed by atoms with Gasteiger partial charge in [0, 0.05) is 32.7 Å². The van der Waals surface area contributed by atoms with E-state index in [0.29, 0.717) is 6.42 Å². The molecule has 27 heavy (non-hydrogen) atoms. The minimum atomic E-state index is -0.406. The van der Waals surface area contributed by atoms with Gasteiger partial charge < -0.3 is 9.64 Å². The molecule has 1 unspecified atom stereocenters. The number of hydrogen-bond acceptors (Lipinski definition) is 3. The summed E-state index contributed by atoms with van der Waals surface area (Å²) >= 11 is 0. The molecule has 1 aliphatic rings. The van der Waals surface area contributed by atoms with Gasteiger partial charge in [0.15, 0.2) is 6.10 Å². The van der Waals surface area contributed by atoms with Crippen molar-refractivity contribution in [1.82, 2.24) is 9.80 Å². The summed E-state index contributed by atoms with van der Waals surface area (Å²) in [6, 6.07) is 19.9. The first kappa shape index (κ1) is 19.2. The number of para-hydroxylation sites is 1. The minimum absolute atomic E-state index is 0.0980. The molecule has 1 amide bonds. The minimum Gasteiger partial charge on any atom is -0.481 e. The summed E-state index contributed by atoms with van der Waals surface area (Å²) < 4.78 is 5.90. The number of piperazine rings is 1. The number of rotatable bonds is 7. The van der Waals surface area contributed by atoms with Gasteiger partial charge in [0.05, 0.1) is 0 Å². The van der Waals surface area contributed by atoms with Gasteiger partial charge in [0.25, 0.3) is 5.91 Å². The lowest BCUT2D eigenvalue weighted by Crippen LogP contribution is -2.52. The molecule has 0 radical (unpaired) electrons. The maximum absolute atomic E-state index is 12.8. The van der Waals surface area contributed by atoms with Crippen LogP contribution >= 0.6 is 0 Å². The van der Waals surface area contributed by atoms with Gasteiger partial charge in [-0.05, 0) is 24.1 Å². The van der Waals surface area contributed by atoms with Crippen LogP contribution < -0.4 is 4.74 Å². The summed E-state index contributed by atoms with van der Waals surface area (Å²) in [5, 5.41) is 0. The van der Waals surface area contributed by atoms with Crippen LogP contribution in [0, 0.1) is 0 Å². The Kier molecular flexibility index (Phi) is 7.05. The van der Waals surface area contributed by atoms with Gasteiger partial charge in [-0.1, -0.05) is 67.6 Å². The van der Waals surface area contributed by atoms with E-state index in [1.54, 1.807) is 0 Å². The lowest BCUT2D eigenvalue weighted by Gasteiger charge is -2.35. The van der Waals surface area contributed by atoms with Crippen molar-refractivity contribution >= 4 is 12.0 Å². The molecule has 0 bridgehead atoms. The van der Waals surface area contributed by atoms with Crippen molar-refractivity contribution in [3.05, 3.63) is 72.3 Å². The highest BCUT2D eigenvalue weighted by molar-refractivity contribution is 5.81. The molecule has 2 aromatic rings. The van der Waals surface area contributed by atoms with E-state index in [4.69, 9.17) is 4.74 Å². The van der Waals surface area contributed by atoms with E-state index in [0.717, 1.165) is 38.5 Å². The number of ether oxygens (including phenoxy) is 1. The highest BCUT2D eigenvalue weighted by Crippen LogP contribution is 2.15. The lowest BCUT2D eigenvalue weighted by molar-refractivity contribution is -0.140. The summed E-state index contributed by atoms with van der Waals surface area (Å²) in [6.45, 7) is 6.21. The SMILES string of the molecule is CCC(Oc1ccccc1)C(=O)N1CCN(C/C=C/c2ccccc2)CC1. The Hall–Kier alpha value is -2.59. The molecular formula is C23H28N2O2. The molecule has 1 saturated heterocycles. The molecule has 0 aromatic heterocycles. The van der Waals surface area contributed by atoms with Crippen LogP contribution in [0.3, 0.4) is 0 Å². The molecule has 1 heterocycles. The van der Waals surface area contributed by atoms with Crippen LogP contribution in [0.5, 0.6) is 5.75 Å². The normalized spacial score (nSPS) is 16.4. The molecule has 1 aliphatic heterocycles. The Bertz CT molecular complexity index is 723.